The lowest BCUT2D eigenvalue weighted by Crippen LogP contribution is -2.24. The molecule has 3 aromatic rings. The fraction of sp³-hybridized carbons (Fsp3) is 0.333. The van der Waals surface area contributed by atoms with Crippen molar-refractivity contribution < 1.29 is 0 Å². The largest absolute Gasteiger partial charge is 0.309 e. The van der Waals surface area contributed by atoms with Gasteiger partial charge < -0.3 is 5.32 Å². The van der Waals surface area contributed by atoms with E-state index < -0.39 is 0 Å². The number of pyridine rings is 1. The van der Waals surface area contributed by atoms with E-state index in [-0.39, 0.29) is 6.04 Å². The summed E-state index contributed by atoms with van der Waals surface area (Å²) in [7, 11) is 0. The van der Waals surface area contributed by atoms with Crippen LogP contribution in [0, 0.1) is 6.92 Å². The first-order chi connectivity index (χ1) is 9.76. The number of hydrogen-bond donors (Lipinski definition) is 1. The molecule has 5 heteroatoms. The molecular weight excluding hydrogens is 268 g/mol. The molecule has 0 amide bonds. The van der Waals surface area contributed by atoms with E-state index in [0.29, 0.717) is 0 Å². The van der Waals surface area contributed by atoms with Crippen molar-refractivity contribution in [2.75, 3.05) is 6.54 Å². The van der Waals surface area contributed by atoms with E-state index in [9.17, 15) is 0 Å². The highest BCUT2D eigenvalue weighted by Crippen LogP contribution is 2.19. The molecule has 0 aliphatic heterocycles. The summed E-state index contributed by atoms with van der Waals surface area (Å²) < 4.78 is 2.08. The zero-order valence-corrected chi connectivity index (χ0v) is 12.5. The Kier molecular flexibility index (Phi) is 3.80. The average molecular weight is 286 g/mol. The SMILES string of the molecule is CCNC(Cc1cn2ccsc2n1)c1cccc(C)n1. The fourth-order valence-electron chi connectivity index (χ4n) is 2.37. The molecule has 20 heavy (non-hydrogen) atoms. The second kappa shape index (κ2) is 5.73. The number of fused-ring (bicyclic) bond motifs is 1. The molecule has 3 heterocycles. The predicted molar refractivity (Wildman–Crippen MR) is 82.2 cm³/mol. The van der Waals surface area contributed by atoms with E-state index in [4.69, 9.17) is 0 Å². The first-order valence-corrected chi connectivity index (χ1v) is 7.72. The Morgan fingerprint density at radius 3 is 3.00 bits per heavy atom. The second-order valence-corrected chi connectivity index (χ2v) is 5.72. The zero-order valence-electron chi connectivity index (χ0n) is 11.7. The van der Waals surface area contributed by atoms with E-state index in [1.165, 1.54) is 0 Å². The lowest BCUT2D eigenvalue weighted by atomic mass is 10.1. The van der Waals surface area contributed by atoms with Crippen LogP contribution in [0.25, 0.3) is 4.96 Å². The number of likely N-dealkylation sites (N-methyl/N-ethyl adjacent to an activating group) is 1. The number of rotatable bonds is 5. The van der Waals surface area contributed by atoms with E-state index in [1.807, 2.05) is 19.2 Å². The summed E-state index contributed by atoms with van der Waals surface area (Å²) in [5.41, 5.74) is 3.24. The molecule has 4 nitrogen and oxygen atoms in total. The van der Waals surface area contributed by atoms with Gasteiger partial charge in [0.2, 0.25) is 0 Å². The molecule has 1 unspecified atom stereocenters. The van der Waals surface area contributed by atoms with Gasteiger partial charge in [-0.2, -0.15) is 0 Å². The van der Waals surface area contributed by atoms with Crippen molar-refractivity contribution in [2.45, 2.75) is 26.3 Å². The van der Waals surface area contributed by atoms with Gasteiger partial charge >= 0.3 is 0 Å². The molecular formula is C15H18N4S. The lowest BCUT2D eigenvalue weighted by molar-refractivity contribution is 0.531. The van der Waals surface area contributed by atoms with Gasteiger partial charge in [0, 0.05) is 29.9 Å². The van der Waals surface area contributed by atoms with Crippen molar-refractivity contribution in [1.82, 2.24) is 19.7 Å². The normalized spacial score (nSPS) is 12.9. The minimum Gasteiger partial charge on any atom is -0.309 e. The molecule has 0 aromatic carbocycles. The first-order valence-electron chi connectivity index (χ1n) is 6.84. The second-order valence-electron chi connectivity index (χ2n) is 4.84. The van der Waals surface area contributed by atoms with E-state index in [0.717, 1.165) is 35.0 Å². The van der Waals surface area contributed by atoms with Crippen molar-refractivity contribution in [3.8, 4) is 0 Å². The van der Waals surface area contributed by atoms with Crippen molar-refractivity contribution in [3.63, 3.8) is 0 Å². The van der Waals surface area contributed by atoms with Crippen LogP contribution in [-0.2, 0) is 6.42 Å². The number of imidazole rings is 1. The summed E-state index contributed by atoms with van der Waals surface area (Å²) in [6, 6.07) is 6.38. The van der Waals surface area contributed by atoms with Gasteiger partial charge in [-0.15, -0.1) is 11.3 Å². The maximum Gasteiger partial charge on any atom is 0.193 e. The Morgan fingerprint density at radius 1 is 1.35 bits per heavy atom. The van der Waals surface area contributed by atoms with Crippen molar-refractivity contribution >= 4 is 16.3 Å². The van der Waals surface area contributed by atoms with Crippen LogP contribution in [-0.4, -0.2) is 20.9 Å². The summed E-state index contributed by atoms with van der Waals surface area (Å²) in [5, 5.41) is 5.55. The third-order valence-corrected chi connectivity index (χ3v) is 4.04. The van der Waals surface area contributed by atoms with Gasteiger partial charge in [0.1, 0.15) is 0 Å². The summed E-state index contributed by atoms with van der Waals surface area (Å²) in [4.78, 5) is 10.3. The van der Waals surface area contributed by atoms with E-state index >= 15 is 0 Å². The van der Waals surface area contributed by atoms with Crippen LogP contribution in [0.2, 0.25) is 0 Å². The fourth-order valence-corrected chi connectivity index (χ4v) is 3.09. The molecule has 0 aliphatic rings. The molecule has 0 bridgehead atoms. The maximum atomic E-state index is 4.66. The highest BCUT2D eigenvalue weighted by Gasteiger charge is 2.15. The summed E-state index contributed by atoms with van der Waals surface area (Å²) in [6.45, 7) is 5.07. The van der Waals surface area contributed by atoms with Crippen LogP contribution in [0.1, 0.15) is 30.0 Å². The molecule has 1 N–H and O–H groups in total. The van der Waals surface area contributed by atoms with Crippen LogP contribution in [0.3, 0.4) is 0 Å². The molecule has 3 aromatic heterocycles. The summed E-state index contributed by atoms with van der Waals surface area (Å²) in [5.74, 6) is 0. The molecule has 0 saturated carbocycles. The standard InChI is InChI=1S/C15H18N4S/c1-3-16-14(13-6-4-5-11(2)17-13)9-12-10-19-7-8-20-15(19)18-12/h4-8,10,14,16H,3,9H2,1-2H3. The maximum absolute atomic E-state index is 4.66. The van der Waals surface area contributed by atoms with Crippen molar-refractivity contribution in [1.29, 1.82) is 0 Å². The molecule has 0 radical (unpaired) electrons. The summed E-state index contributed by atoms with van der Waals surface area (Å²) >= 11 is 1.66. The highest BCUT2D eigenvalue weighted by molar-refractivity contribution is 7.15. The quantitative estimate of drug-likeness (QED) is 0.784. The Hall–Kier alpha value is -1.72. The third kappa shape index (κ3) is 2.73. The first kappa shape index (κ1) is 13.3. The lowest BCUT2D eigenvalue weighted by Gasteiger charge is -2.16. The zero-order chi connectivity index (χ0) is 13.9. The van der Waals surface area contributed by atoms with Gasteiger partial charge in [-0.25, -0.2) is 4.98 Å². The van der Waals surface area contributed by atoms with Gasteiger partial charge in [-0.05, 0) is 25.6 Å². The van der Waals surface area contributed by atoms with E-state index in [2.05, 4.69) is 50.3 Å². The number of nitrogens with zero attached hydrogens (tertiary/aromatic N) is 3. The number of thiazole rings is 1. The highest BCUT2D eigenvalue weighted by atomic mass is 32.1. The molecule has 0 spiro atoms. The van der Waals surface area contributed by atoms with Crippen LogP contribution in [0.5, 0.6) is 0 Å². The van der Waals surface area contributed by atoms with Crippen LogP contribution in [0.15, 0.2) is 36.0 Å². The number of aryl methyl sites for hydroxylation is 1. The average Bonchev–Trinajstić information content (AvgIpc) is 2.99. The molecule has 0 aliphatic carbocycles. The van der Waals surface area contributed by atoms with Gasteiger partial charge in [0.25, 0.3) is 0 Å². The number of aromatic nitrogens is 3. The van der Waals surface area contributed by atoms with Crippen LogP contribution in [0.4, 0.5) is 0 Å². The molecule has 0 fully saturated rings. The minimum atomic E-state index is 0.213. The van der Waals surface area contributed by atoms with Gasteiger partial charge in [0.15, 0.2) is 4.96 Å². The van der Waals surface area contributed by atoms with Crippen LogP contribution >= 0.6 is 11.3 Å². The van der Waals surface area contributed by atoms with Crippen LogP contribution < -0.4 is 5.32 Å². The minimum absolute atomic E-state index is 0.213. The monoisotopic (exact) mass is 286 g/mol. The number of hydrogen-bond acceptors (Lipinski definition) is 4. The Bertz CT molecular complexity index is 672. The Morgan fingerprint density at radius 2 is 2.25 bits per heavy atom. The molecule has 1 atom stereocenters. The summed E-state index contributed by atoms with van der Waals surface area (Å²) in [6.07, 6.45) is 5.01. The third-order valence-electron chi connectivity index (χ3n) is 3.27. The van der Waals surface area contributed by atoms with E-state index in [1.54, 1.807) is 11.3 Å². The molecule has 104 valence electrons. The number of nitrogens with one attached hydrogen (secondary N) is 1. The van der Waals surface area contributed by atoms with Gasteiger partial charge in [-0.3, -0.25) is 9.38 Å². The van der Waals surface area contributed by atoms with Gasteiger partial charge in [-0.1, -0.05) is 13.0 Å². The topological polar surface area (TPSA) is 42.2 Å². The van der Waals surface area contributed by atoms with Gasteiger partial charge in [0.05, 0.1) is 17.4 Å². The van der Waals surface area contributed by atoms with Crippen molar-refractivity contribution in [3.05, 3.63) is 53.1 Å². The Balaban J connectivity index is 1.85. The van der Waals surface area contributed by atoms with Crippen molar-refractivity contribution in [2.24, 2.45) is 0 Å². The Labute approximate surface area is 122 Å². The predicted octanol–water partition coefficient (Wildman–Crippen LogP) is 2.99. The molecule has 0 saturated heterocycles. The smallest absolute Gasteiger partial charge is 0.193 e. The molecule has 3 rings (SSSR count).